The summed E-state index contributed by atoms with van der Waals surface area (Å²) in [4.78, 5) is 0. The van der Waals surface area contributed by atoms with Gasteiger partial charge in [-0.3, -0.25) is 5.32 Å². The van der Waals surface area contributed by atoms with E-state index in [1.165, 1.54) is 31.4 Å². The second-order valence-corrected chi connectivity index (χ2v) is 3.91. The van der Waals surface area contributed by atoms with Gasteiger partial charge in [-0.25, -0.2) is 0 Å². The molecule has 1 aromatic carbocycles. The fraction of sp³-hybridized carbons (Fsp3) is 0.500. The number of benzene rings is 1. The minimum absolute atomic E-state index is 0.742. The van der Waals surface area contributed by atoms with E-state index >= 15 is 0 Å². The van der Waals surface area contributed by atoms with Crippen LogP contribution in [0.5, 0.6) is 0 Å². The van der Waals surface area contributed by atoms with Crippen molar-refractivity contribution in [2.24, 2.45) is 0 Å². The van der Waals surface area contributed by atoms with Crippen molar-refractivity contribution in [2.45, 2.75) is 31.7 Å². The zero-order valence-corrected chi connectivity index (χ0v) is 8.50. The molecule has 0 aliphatic heterocycles. The van der Waals surface area contributed by atoms with E-state index in [0.717, 1.165) is 12.7 Å². The molecule has 14 heavy (non-hydrogen) atoms. The molecule has 1 aliphatic rings. The molecule has 0 spiro atoms. The Morgan fingerprint density at radius 3 is 2.50 bits per heavy atom. The molecule has 0 atom stereocenters. The quantitative estimate of drug-likeness (QED) is 0.713. The van der Waals surface area contributed by atoms with Crippen LogP contribution in [0.15, 0.2) is 30.3 Å². The molecule has 1 aromatic rings. The molecule has 76 valence electrons. The summed E-state index contributed by atoms with van der Waals surface area (Å²) < 4.78 is 0. The number of hydrogen-bond acceptors (Lipinski definition) is 2. The fourth-order valence-corrected chi connectivity index (χ4v) is 1.98. The Kier molecular flexibility index (Phi) is 3.41. The summed E-state index contributed by atoms with van der Waals surface area (Å²) in [5.74, 6) is 0. The third-order valence-electron chi connectivity index (χ3n) is 2.81. The van der Waals surface area contributed by atoms with E-state index in [-0.39, 0.29) is 0 Å². The Labute approximate surface area is 85.7 Å². The lowest BCUT2D eigenvalue weighted by atomic mass is 10.2. The molecule has 0 aromatic heterocycles. The van der Waals surface area contributed by atoms with Crippen LogP contribution in [0.4, 0.5) is 5.69 Å². The average Bonchev–Trinajstić information content (AvgIpc) is 2.72. The normalized spacial score (nSPS) is 17.1. The Morgan fingerprint density at radius 1 is 1.07 bits per heavy atom. The van der Waals surface area contributed by atoms with E-state index in [4.69, 9.17) is 0 Å². The van der Waals surface area contributed by atoms with E-state index in [2.05, 4.69) is 34.9 Å². The van der Waals surface area contributed by atoms with Crippen molar-refractivity contribution >= 4 is 5.69 Å². The van der Waals surface area contributed by atoms with Gasteiger partial charge in [-0.05, 0) is 25.0 Å². The maximum atomic E-state index is 3.52. The summed E-state index contributed by atoms with van der Waals surface area (Å²) in [5.41, 5.74) is 1.19. The molecular weight excluding hydrogens is 172 g/mol. The van der Waals surface area contributed by atoms with Crippen LogP contribution in [0, 0.1) is 0 Å². The molecule has 2 rings (SSSR count). The van der Waals surface area contributed by atoms with Crippen molar-refractivity contribution in [3.63, 3.8) is 0 Å². The number of nitrogens with one attached hydrogen (secondary N) is 2. The van der Waals surface area contributed by atoms with Crippen LogP contribution in [0.1, 0.15) is 25.7 Å². The molecule has 1 saturated carbocycles. The minimum Gasteiger partial charge on any atom is -0.372 e. The molecule has 2 N–H and O–H groups in total. The second-order valence-electron chi connectivity index (χ2n) is 3.91. The van der Waals surface area contributed by atoms with E-state index in [1.54, 1.807) is 0 Å². The summed E-state index contributed by atoms with van der Waals surface area (Å²) >= 11 is 0. The number of anilines is 1. The molecular formula is C12H18N2. The predicted molar refractivity (Wildman–Crippen MR) is 60.3 cm³/mol. The first-order chi connectivity index (χ1) is 6.95. The van der Waals surface area contributed by atoms with Crippen molar-refractivity contribution in [1.82, 2.24) is 5.32 Å². The average molecular weight is 190 g/mol. The van der Waals surface area contributed by atoms with Crippen LogP contribution in [-0.2, 0) is 0 Å². The minimum atomic E-state index is 0.742. The lowest BCUT2D eigenvalue weighted by molar-refractivity contribution is 0.546. The van der Waals surface area contributed by atoms with Gasteiger partial charge in [0, 0.05) is 11.7 Å². The molecule has 0 amide bonds. The Morgan fingerprint density at radius 2 is 1.79 bits per heavy atom. The molecule has 0 saturated heterocycles. The van der Waals surface area contributed by atoms with Crippen LogP contribution in [-0.4, -0.2) is 12.7 Å². The lowest BCUT2D eigenvalue weighted by Crippen LogP contribution is -2.30. The van der Waals surface area contributed by atoms with Gasteiger partial charge in [0.25, 0.3) is 0 Å². The number of hydrogen-bond donors (Lipinski definition) is 2. The van der Waals surface area contributed by atoms with Crippen LogP contribution < -0.4 is 10.6 Å². The number of para-hydroxylation sites is 1. The number of rotatable bonds is 4. The lowest BCUT2D eigenvalue weighted by Gasteiger charge is -2.13. The van der Waals surface area contributed by atoms with Gasteiger partial charge in [-0.2, -0.15) is 0 Å². The van der Waals surface area contributed by atoms with Crippen molar-refractivity contribution in [3.05, 3.63) is 30.3 Å². The Balaban J connectivity index is 1.67. The van der Waals surface area contributed by atoms with Crippen LogP contribution in [0.2, 0.25) is 0 Å². The maximum Gasteiger partial charge on any atom is 0.0655 e. The van der Waals surface area contributed by atoms with Crippen molar-refractivity contribution in [2.75, 3.05) is 12.0 Å². The zero-order chi connectivity index (χ0) is 9.64. The summed E-state index contributed by atoms with van der Waals surface area (Å²) in [6.07, 6.45) is 5.47. The molecule has 0 bridgehead atoms. The fourth-order valence-electron chi connectivity index (χ4n) is 1.98. The zero-order valence-electron chi connectivity index (χ0n) is 8.50. The molecule has 2 nitrogen and oxygen atoms in total. The van der Waals surface area contributed by atoms with Gasteiger partial charge < -0.3 is 5.32 Å². The van der Waals surface area contributed by atoms with E-state index in [0.29, 0.717) is 0 Å². The van der Waals surface area contributed by atoms with Gasteiger partial charge >= 0.3 is 0 Å². The first-order valence-electron chi connectivity index (χ1n) is 5.47. The first-order valence-corrected chi connectivity index (χ1v) is 5.47. The van der Waals surface area contributed by atoms with E-state index in [1.807, 2.05) is 6.07 Å². The summed E-state index contributed by atoms with van der Waals surface area (Å²) in [5, 5.41) is 6.88. The van der Waals surface area contributed by atoms with Crippen LogP contribution in [0.3, 0.4) is 0 Å². The van der Waals surface area contributed by atoms with Crippen LogP contribution in [0.25, 0.3) is 0 Å². The summed E-state index contributed by atoms with van der Waals surface area (Å²) in [6, 6.07) is 11.1. The molecule has 1 aliphatic carbocycles. The molecule has 2 heteroatoms. The summed E-state index contributed by atoms with van der Waals surface area (Å²) in [6.45, 7) is 0.884. The van der Waals surface area contributed by atoms with Crippen molar-refractivity contribution in [1.29, 1.82) is 0 Å². The Bertz CT molecular complexity index is 252. The molecule has 0 unspecified atom stereocenters. The van der Waals surface area contributed by atoms with E-state index in [9.17, 15) is 0 Å². The van der Waals surface area contributed by atoms with Gasteiger partial charge in [0.05, 0.1) is 6.67 Å². The summed E-state index contributed by atoms with van der Waals surface area (Å²) in [7, 11) is 0. The molecule has 1 fully saturated rings. The smallest absolute Gasteiger partial charge is 0.0655 e. The predicted octanol–water partition coefficient (Wildman–Crippen LogP) is 2.59. The topological polar surface area (TPSA) is 24.1 Å². The largest absolute Gasteiger partial charge is 0.372 e. The second kappa shape index (κ2) is 5.01. The monoisotopic (exact) mass is 190 g/mol. The SMILES string of the molecule is c1ccc(NCNC2CCCC2)cc1. The van der Waals surface area contributed by atoms with E-state index < -0.39 is 0 Å². The van der Waals surface area contributed by atoms with Gasteiger partial charge in [0.15, 0.2) is 0 Å². The first kappa shape index (κ1) is 9.53. The standard InChI is InChI=1S/C12H18N2/c1-2-6-11(7-3-1)13-10-14-12-8-4-5-9-12/h1-3,6-7,12-14H,4-5,8-10H2. The third kappa shape index (κ3) is 2.74. The van der Waals surface area contributed by atoms with Crippen molar-refractivity contribution in [3.8, 4) is 0 Å². The van der Waals surface area contributed by atoms with Gasteiger partial charge in [0.1, 0.15) is 0 Å². The van der Waals surface area contributed by atoms with Crippen LogP contribution >= 0.6 is 0 Å². The maximum absolute atomic E-state index is 3.52. The highest BCUT2D eigenvalue weighted by Crippen LogP contribution is 2.17. The van der Waals surface area contributed by atoms with Crippen molar-refractivity contribution < 1.29 is 0 Å². The van der Waals surface area contributed by atoms with Gasteiger partial charge in [0.2, 0.25) is 0 Å². The highest BCUT2D eigenvalue weighted by Gasteiger charge is 2.12. The molecule has 0 heterocycles. The highest BCUT2D eigenvalue weighted by atomic mass is 15.1. The third-order valence-corrected chi connectivity index (χ3v) is 2.81. The van der Waals surface area contributed by atoms with Gasteiger partial charge in [-0.15, -0.1) is 0 Å². The Hall–Kier alpha value is -1.02. The molecule has 0 radical (unpaired) electrons. The van der Waals surface area contributed by atoms with Gasteiger partial charge in [-0.1, -0.05) is 31.0 Å². The highest BCUT2D eigenvalue weighted by molar-refractivity contribution is 5.42.